The molecule has 0 spiro atoms. The van der Waals surface area contributed by atoms with Gasteiger partial charge in [0.15, 0.2) is 0 Å². The first kappa shape index (κ1) is 15.8. The first-order valence-electron chi connectivity index (χ1n) is 8.08. The number of nitrogens with zero attached hydrogens (tertiary/aromatic N) is 2. The van der Waals surface area contributed by atoms with Gasteiger partial charge in [0.2, 0.25) is 11.8 Å². The predicted molar refractivity (Wildman–Crippen MR) is 84.4 cm³/mol. The van der Waals surface area contributed by atoms with Gasteiger partial charge in [-0.2, -0.15) is 0 Å². The van der Waals surface area contributed by atoms with Crippen LogP contribution < -0.4 is 5.32 Å². The monoisotopic (exact) mass is 317 g/mol. The first-order valence-corrected chi connectivity index (χ1v) is 8.08. The second kappa shape index (κ2) is 5.83. The maximum atomic E-state index is 12.3. The smallest absolute Gasteiger partial charge is 0.226 e. The highest BCUT2D eigenvalue weighted by atomic mass is 16.5. The highest BCUT2D eigenvalue weighted by Gasteiger charge is 2.44. The second-order valence-corrected chi connectivity index (χ2v) is 6.62. The number of rotatable bonds is 4. The largest absolute Gasteiger partial charge is 0.361 e. The molecule has 6 nitrogen and oxygen atoms in total. The number of carbonyl (C=O) groups is 2. The van der Waals surface area contributed by atoms with Gasteiger partial charge in [-0.3, -0.25) is 9.59 Å². The number of nitrogens with one attached hydrogen (secondary N) is 1. The average molecular weight is 317 g/mol. The average Bonchev–Trinajstić information content (AvgIpc) is 3.09. The van der Waals surface area contributed by atoms with Crippen molar-refractivity contribution in [2.75, 3.05) is 13.6 Å². The summed E-state index contributed by atoms with van der Waals surface area (Å²) < 4.78 is 5.10. The molecule has 1 aromatic heterocycles. The molecule has 1 unspecified atom stereocenters. The van der Waals surface area contributed by atoms with Crippen molar-refractivity contribution >= 4 is 11.8 Å². The van der Waals surface area contributed by atoms with Gasteiger partial charge in [-0.1, -0.05) is 11.2 Å². The molecule has 2 amide bonds. The van der Waals surface area contributed by atoms with Crippen molar-refractivity contribution in [2.24, 2.45) is 5.41 Å². The van der Waals surface area contributed by atoms with Crippen molar-refractivity contribution in [3.8, 4) is 0 Å². The molecule has 1 N–H and O–H groups in total. The van der Waals surface area contributed by atoms with Gasteiger partial charge in [0.25, 0.3) is 0 Å². The Balaban J connectivity index is 1.65. The highest BCUT2D eigenvalue weighted by molar-refractivity contribution is 5.81. The van der Waals surface area contributed by atoms with Crippen molar-refractivity contribution in [3.05, 3.63) is 28.8 Å². The molecule has 1 aromatic rings. The Kier molecular flexibility index (Phi) is 4.00. The number of aromatic nitrogens is 1. The van der Waals surface area contributed by atoms with Crippen LogP contribution in [0.3, 0.4) is 0 Å². The lowest BCUT2D eigenvalue weighted by Crippen LogP contribution is -2.47. The van der Waals surface area contributed by atoms with Crippen LogP contribution in [0, 0.1) is 19.3 Å². The fraction of sp³-hybridized carbons (Fsp3) is 0.588. The molecule has 0 bridgehead atoms. The van der Waals surface area contributed by atoms with Crippen molar-refractivity contribution in [1.29, 1.82) is 0 Å². The molecule has 6 heteroatoms. The van der Waals surface area contributed by atoms with Crippen molar-refractivity contribution in [2.45, 2.75) is 46.0 Å². The Hall–Kier alpha value is -2.11. The molecule has 1 fully saturated rings. The van der Waals surface area contributed by atoms with Gasteiger partial charge in [0, 0.05) is 36.7 Å². The van der Waals surface area contributed by atoms with Crippen molar-refractivity contribution < 1.29 is 14.1 Å². The number of likely N-dealkylation sites (tertiary alicyclic amines) is 1. The number of hydrogen-bond acceptors (Lipinski definition) is 4. The minimum absolute atomic E-state index is 0.0282. The van der Waals surface area contributed by atoms with E-state index in [0.29, 0.717) is 18.7 Å². The normalized spacial score (nSPS) is 23.7. The summed E-state index contributed by atoms with van der Waals surface area (Å²) in [6, 6.07) is 0. The van der Waals surface area contributed by atoms with Crippen LogP contribution in [0.15, 0.2) is 16.3 Å². The summed E-state index contributed by atoms with van der Waals surface area (Å²) in [5, 5.41) is 6.94. The lowest BCUT2D eigenvalue weighted by Gasteiger charge is -2.41. The highest BCUT2D eigenvalue weighted by Crippen LogP contribution is 2.46. The van der Waals surface area contributed by atoms with Crippen LogP contribution in [0.4, 0.5) is 0 Å². The van der Waals surface area contributed by atoms with Gasteiger partial charge >= 0.3 is 0 Å². The minimum Gasteiger partial charge on any atom is -0.361 e. The first-order chi connectivity index (χ1) is 10.9. The predicted octanol–water partition coefficient (Wildman–Crippen LogP) is 1.87. The summed E-state index contributed by atoms with van der Waals surface area (Å²) >= 11 is 0. The fourth-order valence-electron chi connectivity index (χ4n) is 3.74. The minimum atomic E-state index is -0.0863. The van der Waals surface area contributed by atoms with Crippen LogP contribution in [0.2, 0.25) is 0 Å². The van der Waals surface area contributed by atoms with Crippen LogP contribution in [0.25, 0.3) is 0 Å². The molecule has 1 atom stereocenters. The van der Waals surface area contributed by atoms with Gasteiger partial charge in [-0.15, -0.1) is 0 Å². The summed E-state index contributed by atoms with van der Waals surface area (Å²) in [5.74, 6) is 0.829. The van der Waals surface area contributed by atoms with Crippen LogP contribution >= 0.6 is 0 Å². The number of piperidine rings is 1. The number of hydrogen-bond donors (Lipinski definition) is 1. The van der Waals surface area contributed by atoms with Gasteiger partial charge < -0.3 is 14.7 Å². The molecule has 2 aliphatic rings. The van der Waals surface area contributed by atoms with Gasteiger partial charge in [-0.25, -0.2) is 0 Å². The van der Waals surface area contributed by atoms with Gasteiger partial charge in [0.1, 0.15) is 5.76 Å². The van der Waals surface area contributed by atoms with E-state index in [9.17, 15) is 9.59 Å². The number of amides is 2. The van der Waals surface area contributed by atoms with Crippen LogP contribution in [0.5, 0.6) is 0 Å². The van der Waals surface area contributed by atoms with Gasteiger partial charge in [-0.05, 0) is 33.1 Å². The van der Waals surface area contributed by atoms with E-state index in [-0.39, 0.29) is 23.7 Å². The quantitative estimate of drug-likeness (QED) is 0.920. The van der Waals surface area contributed by atoms with E-state index in [4.69, 9.17) is 4.52 Å². The van der Waals surface area contributed by atoms with Gasteiger partial charge in [0.05, 0.1) is 12.1 Å². The summed E-state index contributed by atoms with van der Waals surface area (Å²) in [6.45, 7) is 4.25. The third-order valence-corrected chi connectivity index (χ3v) is 5.20. The zero-order valence-electron chi connectivity index (χ0n) is 13.9. The Morgan fingerprint density at radius 1 is 1.43 bits per heavy atom. The molecule has 2 heterocycles. The molecule has 124 valence electrons. The maximum absolute atomic E-state index is 12.3. The summed E-state index contributed by atoms with van der Waals surface area (Å²) in [6.07, 6.45) is 5.74. The maximum Gasteiger partial charge on any atom is 0.226 e. The molecule has 23 heavy (non-hydrogen) atoms. The van der Waals surface area contributed by atoms with E-state index in [1.54, 1.807) is 4.90 Å². The van der Waals surface area contributed by atoms with Crippen molar-refractivity contribution in [3.63, 3.8) is 0 Å². The third kappa shape index (κ3) is 2.78. The lowest BCUT2D eigenvalue weighted by molar-refractivity contribution is -0.132. The van der Waals surface area contributed by atoms with E-state index in [0.717, 1.165) is 36.2 Å². The molecular weight excluding hydrogens is 294 g/mol. The number of carbonyl (C=O) groups excluding carboxylic acids is 2. The summed E-state index contributed by atoms with van der Waals surface area (Å²) in [7, 11) is 1.83. The Morgan fingerprint density at radius 3 is 2.91 bits per heavy atom. The second-order valence-electron chi connectivity index (χ2n) is 6.62. The fourth-order valence-corrected chi connectivity index (χ4v) is 3.74. The Labute approximate surface area is 135 Å². The number of allylic oxidation sites excluding steroid dienone is 1. The van der Waals surface area contributed by atoms with E-state index in [2.05, 4.69) is 16.5 Å². The molecule has 1 aliphatic carbocycles. The molecule has 0 saturated carbocycles. The third-order valence-electron chi connectivity index (χ3n) is 5.20. The van der Waals surface area contributed by atoms with E-state index < -0.39 is 0 Å². The number of fused-ring (bicyclic) bond motifs is 1. The standard InChI is InChI=1S/C17H23N3O3/c1-11-13(12(2)23-19-11)9-15(21)18-10-17-7-4-5-14(17)20(3)16(22)6-8-17/h5H,4,6-10H2,1-3H3,(H,18,21). The Morgan fingerprint density at radius 2 is 2.22 bits per heavy atom. The van der Waals surface area contributed by atoms with Crippen molar-refractivity contribution in [1.82, 2.24) is 15.4 Å². The molecule has 0 radical (unpaired) electrons. The molecule has 0 aromatic carbocycles. The summed E-state index contributed by atoms with van der Waals surface area (Å²) in [4.78, 5) is 26.0. The van der Waals surface area contributed by atoms with Crippen LogP contribution in [0.1, 0.15) is 42.7 Å². The van der Waals surface area contributed by atoms with E-state index in [1.807, 2.05) is 20.9 Å². The zero-order chi connectivity index (χ0) is 16.6. The summed E-state index contributed by atoms with van der Waals surface area (Å²) in [5.41, 5.74) is 2.61. The molecule has 1 saturated heterocycles. The molecule has 3 rings (SSSR count). The van der Waals surface area contributed by atoms with Crippen LogP contribution in [-0.4, -0.2) is 35.5 Å². The molecular formula is C17H23N3O3. The number of aryl methyl sites for hydroxylation is 2. The zero-order valence-corrected chi connectivity index (χ0v) is 13.9. The van der Waals surface area contributed by atoms with Crippen LogP contribution in [-0.2, 0) is 16.0 Å². The van der Waals surface area contributed by atoms with E-state index >= 15 is 0 Å². The van der Waals surface area contributed by atoms with E-state index in [1.165, 1.54) is 0 Å². The topological polar surface area (TPSA) is 75.4 Å². The molecule has 1 aliphatic heterocycles. The lowest BCUT2D eigenvalue weighted by atomic mass is 9.77. The SMILES string of the molecule is Cc1noc(C)c1CC(=O)NCC12CCC=C1N(C)C(=O)CC2. The Bertz CT molecular complexity index is 657.